The number of terminal acetylenes is 1. The lowest BCUT2D eigenvalue weighted by molar-refractivity contribution is 0.858. The molecule has 0 aliphatic carbocycles. The van der Waals surface area contributed by atoms with Crippen molar-refractivity contribution < 1.29 is 0 Å². The van der Waals surface area contributed by atoms with E-state index in [1.54, 1.807) is 0 Å². The van der Waals surface area contributed by atoms with Crippen LogP contribution in [0.15, 0.2) is 22.7 Å². The number of hydrogen-bond acceptors (Lipinski definition) is 1. The van der Waals surface area contributed by atoms with Crippen LogP contribution in [0.2, 0.25) is 5.02 Å². The third-order valence-corrected chi connectivity index (χ3v) is 3.10. The van der Waals surface area contributed by atoms with E-state index in [1.165, 1.54) is 0 Å². The van der Waals surface area contributed by atoms with Gasteiger partial charge in [0.25, 0.3) is 0 Å². The summed E-state index contributed by atoms with van der Waals surface area (Å²) in [6.07, 6.45) is 6.24. The molecular formula is C11H11BrClN. The largest absolute Gasteiger partial charge is 0.372 e. The fourth-order valence-electron chi connectivity index (χ4n) is 1.05. The monoisotopic (exact) mass is 271 g/mol. The molecule has 74 valence electrons. The smallest absolute Gasteiger partial charge is 0.0871 e. The Labute approximate surface area is 98.0 Å². The molecule has 0 saturated carbocycles. The quantitative estimate of drug-likeness (QED) is 0.822. The van der Waals surface area contributed by atoms with Gasteiger partial charge in [-0.15, -0.1) is 6.42 Å². The summed E-state index contributed by atoms with van der Waals surface area (Å²) in [5.74, 6) is 2.67. The second-order valence-corrected chi connectivity index (χ2v) is 4.16. The van der Waals surface area contributed by atoms with Crippen LogP contribution < -0.4 is 5.32 Å². The van der Waals surface area contributed by atoms with Gasteiger partial charge in [-0.2, -0.15) is 0 Å². The van der Waals surface area contributed by atoms with Crippen LogP contribution in [0.25, 0.3) is 0 Å². The average molecular weight is 273 g/mol. The molecule has 1 aromatic rings. The Morgan fingerprint density at radius 3 is 2.86 bits per heavy atom. The molecule has 1 atom stereocenters. The second-order valence-electron chi connectivity index (χ2n) is 2.90. The van der Waals surface area contributed by atoms with Crippen LogP contribution in [-0.2, 0) is 0 Å². The first kappa shape index (κ1) is 11.4. The van der Waals surface area contributed by atoms with Gasteiger partial charge in [-0.25, -0.2) is 0 Å². The third kappa shape index (κ3) is 2.94. The molecular weight excluding hydrogens is 261 g/mol. The highest BCUT2D eigenvalue weighted by molar-refractivity contribution is 9.10. The predicted octanol–water partition coefficient (Wildman–Crippen LogP) is 3.93. The van der Waals surface area contributed by atoms with Crippen LogP contribution in [0, 0.1) is 12.3 Å². The molecule has 1 nitrogen and oxygen atoms in total. The Balaban J connectivity index is 2.78. The maximum Gasteiger partial charge on any atom is 0.0871 e. The zero-order valence-electron chi connectivity index (χ0n) is 7.85. The Kier molecular flexibility index (Phi) is 4.31. The summed E-state index contributed by atoms with van der Waals surface area (Å²) in [5, 5.41) is 3.89. The molecule has 1 N–H and O–H groups in total. The van der Waals surface area contributed by atoms with Crippen molar-refractivity contribution >= 4 is 33.2 Å². The highest BCUT2D eigenvalue weighted by atomic mass is 79.9. The molecule has 14 heavy (non-hydrogen) atoms. The van der Waals surface area contributed by atoms with Gasteiger partial charge >= 0.3 is 0 Å². The van der Waals surface area contributed by atoms with Crippen LogP contribution >= 0.6 is 27.5 Å². The van der Waals surface area contributed by atoms with Crippen molar-refractivity contribution in [3.63, 3.8) is 0 Å². The van der Waals surface area contributed by atoms with Crippen molar-refractivity contribution in [2.75, 3.05) is 5.32 Å². The highest BCUT2D eigenvalue weighted by Gasteiger charge is 2.03. The van der Waals surface area contributed by atoms with Crippen molar-refractivity contribution in [1.29, 1.82) is 0 Å². The Bertz CT molecular complexity index is 357. The number of halogens is 2. The molecule has 0 radical (unpaired) electrons. The molecule has 0 spiro atoms. The summed E-state index contributed by atoms with van der Waals surface area (Å²) in [7, 11) is 0. The number of nitrogens with one attached hydrogen (secondary N) is 1. The molecule has 1 unspecified atom stereocenters. The van der Waals surface area contributed by atoms with Crippen molar-refractivity contribution in [2.24, 2.45) is 0 Å². The first-order valence-corrected chi connectivity index (χ1v) is 5.52. The first-order chi connectivity index (χ1) is 6.67. The predicted molar refractivity (Wildman–Crippen MR) is 65.7 cm³/mol. The molecule has 1 rings (SSSR count). The zero-order chi connectivity index (χ0) is 10.6. The number of rotatable bonds is 3. The zero-order valence-corrected chi connectivity index (χ0v) is 10.2. The average Bonchev–Trinajstić information content (AvgIpc) is 2.19. The maximum absolute atomic E-state index is 5.95. The van der Waals surface area contributed by atoms with E-state index >= 15 is 0 Å². The molecule has 0 bridgehead atoms. The van der Waals surface area contributed by atoms with E-state index in [9.17, 15) is 0 Å². The molecule has 0 aliphatic heterocycles. The van der Waals surface area contributed by atoms with Gasteiger partial charge in [0.15, 0.2) is 0 Å². The molecule has 0 amide bonds. The van der Waals surface area contributed by atoms with E-state index in [0.717, 1.165) is 16.6 Å². The summed E-state index contributed by atoms with van der Waals surface area (Å²) in [5.41, 5.74) is 0.947. The first-order valence-electron chi connectivity index (χ1n) is 4.35. The summed E-state index contributed by atoms with van der Waals surface area (Å²) in [4.78, 5) is 0. The van der Waals surface area contributed by atoms with Gasteiger partial charge in [-0.3, -0.25) is 0 Å². The number of anilines is 1. The van der Waals surface area contributed by atoms with E-state index in [-0.39, 0.29) is 6.04 Å². The van der Waals surface area contributed by atoms with E-state index in [0.29, 0.717) is 5.02 Å². The van der Waals surface area contributed by atoms with Crippen molar-refractivity contribution in [2.45, 2.75) is 19.4 Å². The van der Waals surface area contributed by atoms with Gasteiger partial charge in [-0.1, -0.05) is 24.4 Å². The molecule has 1 aromatic carbocycles. The molecule has 0 fully saturated rings. The Morgan fingerprint density at radius 2 is 2.36 bits per heavy atom. The highest BCUT2D eigenvalue weighted by Crippen LogP contribution is 2.25. The lowest BCUT2D eigenvalue weighted by atomic mass is 10.2. The summed E-state index contributed by atoms with van der Waals surface area (Å²) in [6, 6.07) is 5.75. The van der Waals surface area contributed by atoms with Gasteiger partial charge in [-0.05, 0) is 40.5 Å². The van der Waals surface area contributed by atoms with Gasteiger partial charge in [0.1, 0.15) is 0 Å². The Morgan fingerprint density at radius 1 is 1.64 bits per heavy atom. The van der Waals surface area contributed by atoms with E-state index < -0.39 is 0 Å². The van der Waals surface area contributed by atoms with Crippen LogP contribution in [0.5, 0.6) is 0 Å². The fourth-order valence-corrected chi connectivity index (χ4v) is 1.48. The van der Waals surface area contributed by atoms with Crippen LogP contribution in [0.4, 0.5) is 5.69 Å². The standard InChI is InChI=1S/C11H11BrClN/c1-3-8(4-2)14-9-5-6-10(12)11(13)7-9/h1,5-8,14H,4H2,2H3. The van der Waals surface area contributed by atoms with Crippen molar-refractivity contribution in [3.05, 3.63) is 27.7 Å². The fraction of sp³-hybridized carbons (Fsp3) is 0.273. The Hall–Kier alpha value is -0.650. The summed E-state index contributed by atoms with van der Waals surface area (Å²) < 4.78 is 0.887. The second kappa shape index (κ2) is 5.29. The van der Waals surface area contributed by atoms with E-state index in [4.69, 9.17) is 18.0 Å². The lowest BCUT2D eigenvalue weighted by Crippen LogP contribution is -2.15. The van der Waals surface area contributed by atoms with Crippen LogP contribution in [-0.4, -0.2) is 6.04 Å². The summed E-state index contributed by atoms with van der Waals surface area (Å²) in [6.45, 7) is 2.04. The van der Waals surface area contributed by atoms with Gasteiger partial charge < -0.3 is 5.32 Å². The van der Waals surface area contributed by atoms with E-state index in [1.807, 2.05) is 25.1 Å². The minimum atomic E-state index is 0.0623. The van der Waals surface area contributed by atoms with Crippen molar-refractivity contribution in [1.82, 2.24) is 0 Å². The van der Waals surface area contributed by atoms with Crippen LogP contribution in [0.1, 0.15) is 13.3 Å². The molecule has 0 aliphatic rings. The molecule has 0 heterocycles. The van der Waals surface area contributed by atoms with Gasteiger partial charge in [0.2, 0.25) is 0 Å². The number of benzene rings is 1. The maximum atomic E-state index is 5.95. The normalized spacial score (nSPS) is 11.9. The topological polar surface area (TPSA) is 12.0 Å². The lowest BCUT2D eigenvalue weighted by Gasteiger charge is -2.12. The SMILES string of the molecule is C#CC(CC)Nc1ccc(Br)c(Cl)c1. The van der Waals surface area contributed by atoms with Gasteiger partial charge in [0.05, 0.1) is 11.1 Å². The minimum Gasteiger partial charge on any atom is -0.372 e. The molecule has 0 saturated heterocycles. The molecule has 0 aromatic heterocycles. The third-order valence-electron chi connectivity index (χ3n) is 1.87. The molecule has 3 heteroatoms. The van der Waals surface area contributed by atoms with Gasteiger partial charge in [0, 0.05) is 10.2 Å². The van der Waals surface area contributed by atoms with Crippen LogP contribution in [0.3, 0.4) is 0 Å². The number of hydrogen-bond donors (Lipinski definition) is 1. The minimum absolute atomic E-state index is 0.0623. The van der Waals surface area contributed by atoms with E-state index in [2.05, 4.69) is 27.2 Å². The summed E-state index contributed by atoms with van der Waals surface area (Å²) >= 11 is 9.27. The van der Waals surface area contributed by atoms with Crippen molar-refractivity contribution in [3.8, 4) is 12.3 Å².